The van der Waals surface area contributed by atoms with Gasteiger partial charge in [-0.1, -0.05) is 6.07 Å². The molecule has 0 aliphatic carbocycles. The normalized spacial score (nSPS) is 11.1. The molecule has 0 fully saturated rings. The Morgan fingerprint density at radius 1 is 1.11 bits per heavy atom. The van der Waals surface area contributed by atoms with E-state index in [0.29, 0.717) is 12.4 Å². The Morgan fingerprint density at radius 2 is 1.89 bits per heavy atom. The Kier molecular flexibility index (Phi) is 3.91. The average molecular weight is 258 g/mol. The first-order valence-electron chi connectivity index (χ1n) is 6.07. The van der Waals surface area contributed by atoms with Crippen molar-refractivity contribution >= 4 is 17.5 Å². The van der Waals surface area contributed by atoms with Crippen molar-refractivity contribution in [3.8, 4) is 0 Å². The highest BCUT2D eigenvalue weighted by atomic mass is 15.1. The maximum absolute atomic E-state index is 5.68. The second kappa shape index (κ2) is 5.62. The fourth-order valence-electron chi connectivity index (χ4n) is 1.46. The third kappa shape index (κ3) is 3.89. The number of nitrogens with two attached hydrogens (primary N) is 1. The Bertz CT molecular complexity index is 526. The molecule has 0 unspecified atom stereocenters. The zero-order chi connectivity index (χ0) is 13.7. The molecule has 2 aromatic heterocycles. The van der Waals surface area contributed by atoms with Crippen molar-refractivity contribution in [2.75, 3.05) is 17.2 Å². The van der Waals surface area contributed by atoms with E-state index in [4.69, 9.17) is 5.73 Å². The molecule has 2 aromatic rings. The summed E-state index contributed by atoms with van der Waals surface area (Å²) in [6.07, 6.45) is 3.22. The molecule has 0 atom stereocenters. The molecule has 2 rings (SSSR count). The number of pyridine rings is 1. The van der Waals surface area contributed by atoms with Crippen LogP contribution >= 0.6 is 0 Å². The van der Waals surface area contributed by atoms with Gasteiger partial charge in [0.05, 0.1) is 0 Å². The van der Waals surface area contributed by atoms with E-state index < -0.39 is 0 Å². The van der Waals surface area contributed by atoms with Crippen molar-refractivity contribution in [2.24, 2.45) is 5.73 Å². The van der Waals surface area contributed by atoms with Crippen LogP contribution in [-0.4, -0.2) is 27.0 Å². The van der Waals surface area contributed by atoms with E-state index in [0.717, 1.165) is 11.6 Å². The predicted molar refractivity (Wildman–Crippen MR) is 76.3 cm³/mol. The van der Waals surface area contributed by atoms with Gasteiger partial charge in [0.25, 0.3) is 0 Å². The fraction of sp³-hybridized carbons (Fsp3) is 0.308. The van der Waals surface area contributed by atoms with Gasteiger partial charge in [-0.3, -0.25) is 0 Å². The Balaban J connectivity index is 2.11. The van der Waals surface area contributed by atoms with Gasteiger partial charge in [0.1, 0.15) is 23.8 Å². The van der Waals surface area contributed by atoms with Gasteiger partial charge in [-0.05, 0) is 26.0 Å². The Labute approximate surface area is 112 Å². The van der Waals surface area contributed by atoms with Crippen molar-refractivity contribution in [1.29, 1.82) is 0 Å². The summed E-state index contributed by atoms with van der Waals surface area (Å²) in [6.45, 7) is 4.54. The molecule has 0 aliphatic heterocycles. The lowest BCUT2D eigenvalue weighted by molar-refractivity contribution is 0.577. The molecule has 0 radical (unpaired) electrons. The summed E-state index contributed by atoms with van der Waals surface area (Å²) in [4.78, 5) is 12.5. The van der Waals surface area contributed by atoms with E-state index in [9.17, 15) is 0 Å². The molecule has 0 bridgehead atoms. The van der Waals surface area contributed by atoms with E-state index in [1.807, 2.05) is 38.1 Å². The number of anilines is 3. The van der Waals surface area contributed by atoms with Gasteiger partial charge in [0.2, 0.25) is 0 Å². The van der Waals surface area contributed by atoms with Gasteiger partial charge in [-0.15, -0.1) is 0 Å². The smallest absolute Gasteiger partial charge is 0.137 e. The van der Waals surface area contributed by atoms with Crippen LogP contribution < -0.4 is 16.4 Å². The van der Waals surface area contributed by atoms with Gasteiger partial charge in [-0.25, -0.2) is 15.0 Å². The van der Waals surface area contributed by atoms with Crippen LogP contribution in [0.1, 0.15) is 13.8 Å². The summed E-state index contributed by atoms with van der Waals surface area (Å²) in [5.41, 5.74) is 5.47. The molecule has 0 saturated carbocycles. The lowest BCUT2D eigenvalue weighted by Gasteiger charge is -2.24. The molecule has 0 spiro atoms. The molecule has 6 nitrogen and oxygen atoms in total. The third-order valence-electron chi connectivity index (χ3n) is 2.56. The van der Waals surface area contributed by atoms with Crippen LogP contribution in [0.25, 0.3) is 0 Å². The van der Waals surface area contributed by atoms with Gasteiger partial charge in [0.15, 0.2) is 0 Å². The molecule has 4 N–H and O–H groups in total. The lowest BCUT2D eigenvalue weighted by atomic mass is 10.1. The Hall–Kier alpha value is -2.21. The van der Waals surface area contributed by atoms with Crippen molar-refractivity contribution < 1.29 is 0 Å². The number of hydrogen-bond acceptors (Lipinski definition) is 6. The topological polar surface area (TPSA) is 88.8 Å². The van der Waals surface area contributed by atoms with E-state index >= 15 is 0 Å². The SMILES string of the molecule is CC(C)(CN)Nc1cc(Nc2ccccn2)ncn1. The minimum Gasteiger partial charge on any atom is -0.364 e. The van der Waals surface area contributed by atoms with Crippen molar-refractivity contribution in [1.82, 2.24) is 15.0 Å². The monoisotopic (exact) mass is 258 g/mol. The number of nitrogens with zero attached hydrogens (tertiary/aromatic N) is 3. The largest absolute Gasteiger partial charge is 0.364 e. The maximum atomic E-state index is 5.68. The molecule has 0 amide bonds. The van der Waals surface area contributed by atoms with E-state index in [2.05, 4.69) is 25.6 Å². The second-order valence-electron chi connectivity index (χ2n) is 4.84. The summed E-state index contributed by atoms with van der Waals surface area (Å²) in [5.74, 6) is 2.15. The number of nitrogens with one attached hydrogen (secondary N) is 2. The van der Waals surface area contributed by atoms with Gasteiger partial charge in [-0.2, -0.15) is 0 Å². The van der Waals surface area contributed by atoms with Crippen LogP contribution in [0.2, 0.25) is 0 Å². The molecular formula is C13H18N6. The third-order valence-corrected chi connectivity index (χ3v) is 2.56. The summed E-state index contributed by atoms with van der Waals surface area (Å²) >= 11 is 0. The van der Waals surface area contributed by atoms with Crippen LogP contribution in [0.4, 0.5) is 17.5 Å². The minimum atomic E-state index is -0.212. The van der Waals surface area contributed by atoms with E-state index in [1.54, 1.807) is 6.20 Å². The number of rotatable bonds is 5. The molecule has 0 aliphatic rings. The molecule has 0 saturated heterocycles. The molecular weight excluding hydrogens is 240 g/mol. The fourth-order valence-corrected chi connectivity index (χ4v) is 1.46. The molecule has 2 heterocycles. The quantitative estimate of drug-likeness (QED) is 0.757. The Morgan fingerprint density at radius 3 is 2.58 bits per heavy atom. The zero-order valence-electron chi connectivity index (χ0n) is 11.1. The highest BCUT2D eigenvalue weighted by Crippen LogP contribution is 2.16. The number of aromatic nitrogens is 3. The first kappa shape index (κ1) is 13.2. The molecule has 0 aromatic carbocycles. The molecule has 19 heavy (non-hydrogen) atoms. The van der Waals surface area contributed by atoms with E-state index in [1.165, 1.54) is 6.33 Å². The van der Waals surface area contributed by atoms with Crippen LogP contribution in [0.3, 0.4) is 0 Å². The minimum absolute atomic E-state index is 0.212. The summed E-state index contributed by atoms with van der Waals surface area (Å²) < 4.78 is 0. The first-order chi connectivity index (χ1) is 9.09. The lowest BCUT2D eigenvalue weighted by Crippen LogP contribution is -2.39. The maximum Gasteiger partial charge on any atom is 0.137 e. The average Bonchev–Trinajstić information content (AvgIpc) is 2.40. The number of hydrogen-bond donors (Lipinski definition) is 3. The van der Waals surface area contributed by atoms with Crippen LogP contribution in [-0.2, 0) is 0 Å². The molecule has 6 heteroatoms. The van der Waals surface area contributed by atoms with E-state index in [-0.39, 0.29) is 5.54 Å². The highest BCUT2D eigenvalue weighted by molar-refractivity contribution is 5.55. The van der Waals surface area contributed by atoms with Gasteiger partial charge in [0, 0.05) is 24.3 Å². The highest BCUT2D eigenvalue weighted by Gasteiger charge is 2.15. The first-order valence-corrected chi connectivity index (χ1v) is 6.07. The molecule has 100 valence electrons. The van der Waals surface area contributed by atoms with Gasteiger partial charge >= 0.3 is 0 Å². The van der Waals surface area contributed by atoms with Crippen LogP contribution in [0, 0.1) is 0 Å². The van der Waals surface area contributed by atoms with Crippen molar-refractivity contribution in [3.05, 3.63) is 36.8 Å². The van der Waals surface area contributed by atoms with Crippen molar-refractivity contribution in [3.63, 3.8) is 0 Å². The summed E-state index contributed by atoms with van der Waals surface area (Å²) in [7, 11) is 0. The second-order valence-corrected chi connectivity index (χ2v) is 4.84. The summed E-state index contributed by atoms with van der Waals surface area (Å²) in [6, 6.07) is 7.47. The standard InChI is InChI=1S/C13H18N6/c1-13(2,8-14)19-12-7-11(16-9-17-12)18-10-5-3-4-6-15-10/h3-7,9H,8,14H2,1-2H3,(H2,15,16,17,18,19). The summed E-state index contributed by atoms with van der Waals surface area (Å²) in [5, 5.41) is 6.37. The van der Waals surface area contributed by atoms with Crippen LogP contribution in [0.5, 0.6) is 0 Å². The van der Waals surface area contributed by atoms with Crippen molar-refractivity contribution in [2.45, 2.75) is 19.4 Å². The van der Waals surface area contributed by atoms with Gasteiger partial charge < -0.3 is 16.4 Å². The van der Waals surface area contributed by atoms with Crippen LogP contribution in [0.15, 0.2) is 36.8 Å². The predicted octanol–water partition coefficient (Wildman–Crippen LogP) is 1.76. The zero-order valence-corrected chi connectivity index (χ0v) is 11.1.